The molecular weight excluding hydrogens is 244 g/mol. The molecular formula is C14H14N2O3. The normalized spacial score (nSPS) is 15.2. The largest absolute Gasteiger partial charge is 0.452 e. The minimum Gasteiger partial charge on any atom is -0.452 e. The molecule has 1 amide bonds. The van der Waals surface area contributed by atoms with Crippen LogP contribution < -0.4 is 5.32 Å². The Labute approximate surface area is 111 Å². The van der Waals surface area contributed by atoms with Gasteiger partial charge in [0.15, 0.2) is 6.10 Å². The summed E-state index contributed by atoms with van der Waals surface area (Å²) in [7, 11) is 0. The predicted octanol–water partition coefficient (Wildman–Crippen LogP) is 1.84. The van der Waals surface area contributed by atoms with Crippen molar-refractivity contribution < 1.29 is 14.3 Å². The Hall–Kier alpha value is -2.35. The molecule has 5 nitrogen and oxygen atoms in total. The minimum atomic E-state index is -0.861. The fourth-order valence-corrected chi connectivity index (χ4v) is 1.57. The Balaban J connectivity index is 1.96. The van der Waals surface area contributed by atoms with E-state index in [1.807, 2.05) is 6.07 Å². The summed E-state index contributed by atoms with van der Waals surface area (Å²) >= 11 is 0. The van der Waals surface area contributed by atoms with E-state index in [0.717, 1.165) is 12.8 Å². The van der Waals surface area contributed by atoms with Crippen LogP contribution in [-0.2, 0) is 14.3 Å². The highest BCUT2D eigenvalue weighted by Gasteiger charge is 2.33. The second kappa shape index (κ2) is 5.53. The van der Waals surface area contributed by atoms with Crippen molar-refractivity contribution in [1.82, 2.24) is 0 Å². The number of nitriles is 1. The number of hydrogen-bond donors (Lipinski definition) is 1. The van der Waals surface area contributed by atoms with Gasteiger partial charge < -0.3 is 10.1 Å². The summed E-state index contributed by atoms with van der Waals surface area (Å²) in [6.07, 6.45) is 0.814. The highest BCUT2D eigenvalue weighted by molar-refractivity contribution is 5.96. The fraction of sp³-hybridized carbons (Fsp3) is 0.357. The van der Waals surface area contributed by atoms with E-state index in [9.17, 15) is 9.59 Å². The number of amides is 1. The quantitative estimate of drug-likeness (QED) is 0.836. The second-order valence-corrected chi connectivity index (χ2v) is 4.50. The summed E-state index contributed by atoms with van der Waals surface area (Å²) < 4.78 is 5.05. The first-order valence-electron chi connectivity index (χ1n) is 6.12. The van der Waals surface area contributed by atoms with Gasteiger partial charge >= 0.3 is 5.97 Å². The van der Waals surface area contributed by atoms with Crippen molar-refractivity contribution >= 4 is 17.6 Å². The Kier molecular flexibility index (Phi) is 3.81. The SMILES string of the molecule is C[C@@H](OC(=O)C1CC1)C(=O)Nc1ccccc1C#N. The lowest BCUT2D eigenvalue weighted by Gasteiger charge is -2.13. The predicted molar refractivity (Wildman–Crippen MR) is 68.1 cm³/mol. The maximum atomic E-state index is 11.9. The zero-order valence-corrected chi connectivity index (χ0v) is 10.6. The Bertz CT molecular complexity index is 544. The van der Waals surface area contributed by atoms with E-state index >= 15 is 0 Å². The van der Waals surface area contributed by atoms with Gasteiger partial charge in [-0.1, -0.05) is 12.1 Å². The molecule has 0 bridgehead atoms. The van der Waals surface area contributed by atoms with E-state index in [0.29, 0.717) is 11.3 Å². The Morgan fingerprint density at radius 1 is 1.42 bits per heavy atom. The molecule has 0 aliphatic heterocycles. The number of carbonyl (C=O) groups is 2. The number of ether oxygens (including phenoxy) is 1. The maximum Gasteiger partial charge on any atom is 0.309 e. The van der Waals surface area contributed by atoms with Crippen LogP contribution in [0, 0.1) is 17.2 Å². The van der Waals surface area contributed by atoms with Gasteiger partial charge in [0, 0.05) is 0 Å². The highest BCUT2D eigenvalue weighted by atomic mass is 16.5. The monoisotopic (exact) mass is 258 g/mol. The molecule has 1 aliphatic rings. The maximum absolute atomic E-state index is 11.9. The third-order valence-corrected chi connectivity index (χ3v) is 2.88. The average Bonchev–Trinajstić information content (AvgIpc) is 3.23. The zero-order valence-electron chi connectivity index (χ0n) is 10.6. The topological polar surface area (TPSA) is 79.2 Å². The second-order valence-electron chi connectivity index (χ2n) is 4.50. The van der Waals surface area contributed by atoms with E-state index in [1.54, 1.807) is 24.3 Å². The van der Waals surface area contributed by atoms with Crippen LogP contribution in [0.1, 0.15) is 25.3 Å². The van der Waals surface area contributed by atoms with Gasteiger partial charge in [-0.05, 0) is 31.9 Å². The Morgan fingerprint density at radius 3 is 2.74 bits per heavy atom. The number of anilines is 1. The van der Waals surface area contributed by atoms with Crippen LogP contribution >= 0.6 is 0 Å². The molecule has 19 heavy (non-hydrogen) atoms. The van der Waals surface area contributed by atoms with Crippen molar-refractivity contribution in [1.29, 1.82) is 5.26 Å². The molecule has 1 aromatic carbocycles. The van der Waals surface area contributed by atoms with Gasteiger partial charge in [0.25, 0.3) is 5.91 Å². The number of benzene rings is 1. The summed E-state index contributed by atoms with van der Waals surface area (Å²) in [4.78, 5) is 23.3. The molecule has 1 N–H and O–H groups in total. The molecule has 0 saturated heterocycles. The summed E-state index contributed by atoms with van der Waals surface area (Å²) in [6.45, 7) is 1.52. The van der Waals surface area contributed by atoms with Gasteiger partial charge in [0.05, 0.1) is 17.2 Å². The molecule has 0 radical (unpaired) electrons. The van der Waals surface area contributed by atoms with Crippen molar-refractivity contribution in [2.75, 3.05) is 5.32 Å². The van der Waals surface area contributed by atoms with E-state index in [-0.39, 0.29) is 11.9 Å². The van der Waals surface area contributed by atoms with Gasteiger partial charge in [0.1, 0.15) is 6.07 Å². The third-order valence-electron chi connectivity index (χ3n) is 2.88. The summed E-state index contributed by atoms with van der Waals surface area (Å²) in [6, 6.07) is 8.66. The van der Waals surface area contributed by atoms with E-state index in [2.05, 4.69) is 5.32 Å². The van der Waals surface area contributed by atoms with Crippen molar-refractivity contribution in [3.8, 4) is 6.07 Å². The molecule has 5 heteroatoms. The van der Waals surface area contributed by atoms with Crippen LogP contribution in [0.2, 0.25) is 0 Å². The van der Waals surface area contributed by atoms with Crippen molar-refractivity contribution in [3.63, 3.8) is 0 Å². The average molecular weight is 258 g/mol. The molecule has 1 atom stereocenters. The summed E-state index contributed by atoms with van der Waals surface area (Å²) in [5, 5.41) is 11.5. The lowest BCUT2D eigenvalue weighted by Crippen LogP contribution is -2.30. The van der Waals surface area contributed by atoms with Gasteiger partial charge in [-0.15, -0.1) is 0 Å². The van der Waals surface area contributed by atoms with Crippen LogP contribution in [0.25, 0.3) is 0 Å². The molecule has 0 heterocycles. The standard InChI is InChI=1S/C14H14N2O3/c1-9(19-14(18)10-6-7-10)13(17)16-12-5-3-2-4-11(12)8-15/h2-5,9-10H,6-7H2,1H3,(H,16,17)/t9-/m1/s1. The Morgan fingerprint density at radius 2 is 2.11 bits per heavy atom. The van der Waals surface area contributed by atoms with Gasteiger partial charge in [-0.3, -0.25) is 9.59 Å². The molecule has 1 saturated carbocycles. The first-order valence-corrected chi connectivity index (χ1v) is 6.12. The summed E-state index contributed by atoms with van der Waals surface area (Å²) in [5.74, 6) is -0.797. The number of nitrogens with zero attached hydrogens (tertiary/aromatic N) is 1. The van der Waals surface area contributed by atoms with Crippen LogP contribution in [0.4, 0.5) is 5.69 Å². The highest BCUT2D eigenvalue weighted by Crippen LogP contribution is 2.30. The number of nitrogens with one attached hydrogen (secondary N) is 1. The van der Waals surface area contributed by atoms with Crippen molar-refractivity contribution in [3.05, 3.63) is 29.8 Å². The molecule has 0 aromatic heterocycles. The number of hydrogen-bond acceptors (Lipinski definition) is 4. The first kappa shape index (κ1) is 13.1. The minimum absolute atomic E-state index is 0.0401. The van der Waals surface area contributed by atoms with Crippen molar-refractivity contribution in [2.45, 2.75) is 25.9 Å². The molecule has 2 rings (SSSR count). The number of rotatable bonds is 4. The third kappa shape index (κ3) is 3.32. The van der Waals surface area contributed by atoms with Crippen LogP contribution in [0.15, 0.2) is 24.3 Å². The zero-order chi connectivity index (χ0) is 13.8. The molecule has 0 unspecified atom stereocenters. The first-order chi connectivity index (χ1) is 9.11. The number of para-hydroxylation sites is 1. The van der Waals surface area contributed by atoms with E-state index < -0.39 is 12.0 Å². The molecule has 1 aliphatic carbocycles. The number of carbonyl (C=O) groups excluding carboxylic acids is 2. The van der Waals surface area contributed by atoms with Crippen LogP contribution in [0.5, 0.6) is 0 Å². The van der Waals surface area contributed by atoms with E-state index in [1.165, 1.54) is 6.92 Å². The van der Waals surface area contributed by atoms with Crippen molar-refractivity contribution in [2.24, 2.45) is 5.92 Å². The van der Waals surface area contributed by atoms with Gasteiger partial charge in [-0.2, -0.15) is 5.26 Å². The molecule has 1 aromatic rings. The van der Waals surface area contributed by atoms with Gasteiger partial charge in [-0.25, -0.2) is 0 Å². The summed E-state index contributed by atoms with van der Waals surface area (Å²) in [5.41, 5.74) is 0.792. The van der Waals surface area contributed by atoms with E-state index in [4.69, 9.17) is 10.00 Å². The molecule has 0 spiro atoms. The van der Waals surface area contributed by atoms with Crippen LogP contribution in [0.3, 0.4) is 0 Å². The number of esters is 1. The smallest absolute Gasteiger partial charge is 0.309 e. The molecule has 1 fully saturated rings. The lowest BCUT2D eigenvalue weighted by atomic mass is 10.2. The molecule has 98 valence electrons. The van der Waals surface area contributed by atoms with Gasteiger partial charge in [0.2, 0.25) is 0 Å². The fourth-order valence-electron chi connectivity index (χ4n) is 1.57. The van der Waals surface area contributed by atoms with Crippen LogP contribution in [-0.4, -0.2) is 18.0 Å². The lowest BCUT2D eigenvalue weighted by molar-refractivity contribution is -0.154.